The number of esters is 2. The van der Waals surface area contributed by atoms with Gasteiger partial charge in [-0.3, -0.25) is 9.59 Å². The van der Waals surface area contributed by atoms with Crippen LogP contribution in [0.25, 0.3) is 0 Å². The van der Waals surface area contributed by atoms with Crippen molar-refractivity contribution in [3.63, 3.8) is 0 Å². The lowest BCUT2D eigenvalue weighted by Gasteiger charge is -2.09. The molecular formula is C30H25Cl2F4N7O7. The Bertz CT molecular complexity index is 1880. The van der Waals surface area contributed by atoms with Crippen molar-refractivity contribution in [2.45, 2.75) is 19.8 Å². The second-order valence-corrected chi connectivity index (χ2v) is 9.45. The van der Waals surface area contributed by atoms with E-state index in [9.17, 15) is 36.7 Å². The summed E-state index contributed by atoms with van der Waals surface area (Å²) in [4.78, 5) is 59.5. The lowest BCUT2D eigenvalue weighted by molar-refractivity contribution is -0.136. The molecule has 2 heterocycles. The predicted octanol–water partition coefficient (Wildman–Crippen LogP) is 5.00. The molecule has 14 nitrogen and oxygen atoms in total. The molecular weight excluding hydrogens is 717 g/mol. The second kappa shape index (κ2) is 21.1. The van der Waals surface area contributed by atoms with Crippen molar-refractivity contribution < 1.29 is 51.3 Å². The van der Waals surface area contributed by atoms with Crippen molar-refractivity contribution in [1.82, 2.24) is 19.9 Å². The Morgan fingerprint density at radius 3 is 1.64 bits per heavy atom. The number of nitrogen functional groups attached to an aromatic ring is 1. The zero-order valence-corrected chi connectivity index (χ0v) is 27.5. The Balaban J connectivity index is 0.000000391. The molecule has 0 bridgehead atoms. The number of rotatable bonds is 7. The fourth-order valence-corrected chi connectivity index (χ4v) is 3.67. The summed E-state index contributed by atoms with van der Waals surface area (Å²) in [6.45, 7) is 1.43. The largest absolute Gasteiger partial charge is 0.481 e. The van der Waals surface area contributed by atoms with E-state index in [1.165, 1.54) is 38.8 Å². The van der Waals surface area contributed by atoms with Crippen molar-refractivity contribution >= 4 is 58.7 Å². The van der Waals surface area contributed by atoms with Gasteiger partial charge in [0.1, 0.15) is 23.3 Å². The molecule has 0 radical (unpaired) electrons. The third-order valence-electron chi connectivity index (χ3n) is 5.38. The summed E-state index contributed by atoms with van der Waals surface area (Å²) in [6.07, 6.45) is 4.11. The zero-order valence-electron chi connectivity index (χ0n) is 26.0. The number of nitrogens with zero attached hydrogens (tertiary/aromatic N) is 5. The van der Waals surface area contributed by atoms with Gasteiger partial charge in [-0.15, -0.1) is 0 Å². The minimum atomic E-state index is -1.26. The average Bonchev–Trinajstić information content (AvgIpc) is 3.09. The molecule has 20 heteroatoms. The molecule has 50 heavy (non-hydrogen) atoms. The van der Waals surface area contributed by atoms with E-state index in [0.717, 1.165) is 31.4 Å². The normalized spacial score (nSPS) is 9.52. The van der Waals surface area contributed by atoms with Crippen LogP contribution in [-0.4, -0.2) is 63.1 Å². The van der Waals surface area contributed by atoms with Gasteiger partial charge in [0.2, 0.25) is 5.91 Å². The van der Waals surface area contributed by atoms with Crippen LogP contribution in [-0.2, 0) is 31.9 Å². The first-order chi connectivity index (χ1) is 23.6. The number of anilines is 2. The molecule has 0 saturated heterocycles. The van der Waals surface area contributed by atoms with Gasteiger partial charge in [0.05, 0.1) is 43.2 Å². The highest BCUT2D eigenvalue weighted by atomic mass is 35.5. The monoisotopic (exact) mass is 741 g/mol. The molecule has 1 amide bonds. The SMILES string of the molecule is CC#N.COC(=O)c1nccnc1N.COC(=O)c1nccnc1NC(=O)Cc1c(F)ccc(F)c1Cl.O=C(O)Cc1c(F)ccc(F)c1Cl. The van der Waals surface area contributed by atoms with Gasteiger partial charge < -0.3 is 25.6 Å². The Hall–Kier alpha value is -5.93. The summed E-state index contributed by atoms with van der Waals surface area (Å²) < 4.78 is 61.5. The summed E-state index contributed by atoms with van der Waals surface area (Å²) in [5, 5.41) is 17.0. The van der Waals surface area contributed by atoms with Crippen LogP contribution >= 0.6 is 23.2 Å². The van der Waals surface area contributed by atoms with Crippen molar-refractivity contribution in [2.24, 2.45) is 0 Å². The number of carbonyl (C=O) groups excluding carboxylic acids is 3. The highest BCUT2D eigenvalue weighted by molar-refractivity contribution is 6.32. The molecule has 0 atom stereocenters. The molecule has 0 saturated carbocycles. The molecule has 0 fully saturated rings. The first-order valence-corrected chi connectivity index (χ1v) is 14.0. The molecule has 0 aliphatic heterocycles. The maximum absolute atomic E-state index is 13.7. The minimum absolute atomic E-state index is 0.0509. The van der Waals surface area contributed by atoms with Gasteiger partial charge in [-0.1, -0.05) is 23.2 Å². The van der Waals surface area contributed by atoms with Crippen LogP contribution in [0.1, 0.15) is 39.0 Å². The van der Waals surface area contributed by atoms with E-state index in [1.54, 1.807) is 6.07 Å². The summed E-state index contributed by atoms with van der Waals surface area (Å²) in [6, 6.07) is 5.17. The smallest absolute Gasteiger partial charge is 0.360 e. The Kier molecular flexibility index (Phi) is 17.8. The lowest BCUT2D eigenvalue weighted by atomic mass is 10.1. The molecule has 2 aromatic heterocycles. The molecule has 4 rings (SSSR count). The van der Waals surface area contributed by atoms with E-state index in [2.05, 4.69) is 34.7 Å². The topological polar surface area (TPSA) is 220 Å². The van der Waals surface area contributed by atoms with Crippen molar-refractivity contribution in [3.05, 3.63) is 105 Å². The number of hydrogen-bond acceptors (Lipinski definition) is 12. The van der Waals surface area contributed by atoms with Crippen LogP contribution in [0.2, 0.25) is 10.0 Å². The first-order valence-electron chi connectivity index (χ1n) is 13.2. The molecule has 2 aromatic carbocycles. The highest BCUT2D eigenvalue weighted by Crippen LogP contribution is 2.24. The van der Waals surface area contributed by atoms with Crippen LogP contribution in [0.3, 0.4) is 0 Å². The maximum atomic E-state index is 13.7. The van der Waals surface area contributed by atoms with Crippen LogP contribution < -0.4 is 11.1 Å². The predicted molar refractivity (Wildman–Crippen MR) is 169 cm³/mol. The third kappa shape index (κ3) is 12.9. The van der Waals surface area contributed by atoms with Crippen LogP contribution in [0, 0.1) is 34.6 Å². The molecule has 0 unspecified atom stereocenters. The molecule has 4 N–H and O–H groups in total. The third-order valence-corrected chi connectivity index (χ3v) is 6.20. The Morgan fingerprint density at radius 1 is 0.780 bits per heavy atom. The number of halogens is 6. The minimum Gasteiger partial charge on any atom is -0.481 e. The van der Waals surface area contributed by atoms with Crippen molar-refractivity contribution in [3.8, 4) is 6.07 Å². The Morgan fingerprint density at radius 2 is 1.18 bits per heavy atom. The van der Waals surface area contributed by atoms with Gasteiger partial charge >= 0.3 is 17.9 Å². The van der Waals surface area contributed by atoms with E-state index < -0.39 is 70.0 Å². The van der Waals surface area contributed by atoms with Gasteiger partial charge in [0.15, 0.2) is 23.0 Å². The number of benzene rings is 2. The van der Waals surface area contributed by atoms with E-state index in [1.807, 2.05) is 0 Å². The summed E-state index contributed by atoms with van der Waals surface area (Å²) in [5.41, 5.74) is 4.54. The van der Waals surface area contributed by atoms with Crippen LogP contribution in [0.15, 0.2) is 49.1 Å². The number of nitrogens with one attached hydrogen (secondary N) is 1. The van der Waals surface area contributed by atoms with Crippen molar-refractivity contribution in [2.75, 3.05) is 25.3 Å². The van der Waals surface area contributed by atoms with Gasteiger partial charge in [-0.2, -0.15) is 5.26 Å². The van der Waals surface area contributed by atoms with Gasteiger partial charge in [0.25, 0.3) is 0 Å². The van der Waals surface area contributed by atoms with Gasteiger partial charge in [-0.25, -0.2) is 47.1 Å². The number of carboxylic acids is 1. The molecule has 264 valence electrons. The number of aromatic nitrogens is 4. The number of methoxy groups -OCH3 is 2. The molecule has 4 aromatic rings. The van der Waals surface area contributed by atoms with E-state index in [4.69, 9.17) is 39.3 Å². The molecule has 0 spiro atoms. The number of hydrogen-bond donors (Lipinski definition) is 3. The standard InChI is InChI=1S/C14H10ClF2N3O3.C8H5ClF2O2.C6H7N3O2.C2H3N/c1-23-14(22)12-13(19-5-4-18-12)20-10(21)6-7-8(16)2-3-9(17)11(7)15;9-8-4(3-7(12)13)5(10)1-2-6(8)11;1-11-6(10)4-5(7)9-3-2-8-4;1-2-3/h2-5H,6H2,1H3,(H,19,20,21);1-2H,3H2,(H,12,13);2-3H,1H3,(H2,7,9);1H3. The zero-order chi connectivity index (χ0) is 38.0. The fourth-order valence-electron chi connectivity index (χ4n) is 3.23. The quantitative estimate of drug-likeness (QED) is 0.129. The molecule has 0 aliphatic rings. The highest BCUT2D eigenvalue weighted by Gasteiger charge is 2.20. The fraction of sp³-hybridized carbons (Fsp3) is 0.167. The van der Waals surface area contributed by atoms with Gasteiger partial charge in [0, 0.05) is 42.8 Å². The van der Waals surface area contributed by atoms with E-state index in [0.29, 0.717) is 0 Å². The second-order valence-electron chi connectivity index (χ2n) is 8.69. The van der Waals surface area contributed by atoms with Crippen LogP contribution in [0.4, 0.5) is 29.2 Å². The number of amides is 1. The number of aliphatic carboxylic acids is 1. The summed E-state index contributed by atoms with van der Waals surface area (Å²) in [5.74, 6) is -6.75. The number of nitrogens with two attached hydrogens (primary N) is 1. The summed E-state index contributed by atoms with van der Waals surface area (Å²) in [7, 11) is 2.40. The van der Waals surface area contributed by atoms with E-state index >= 15 is 0 Å². The Labute approximate surface area is 290 Å². The van der Waals surface area contributed by atoms with Crippen molar-refractivity contribution in [1.29, 1.82) is 5.26 Å². The van der Waals surface area contributed by atoms with Crippen LogP contribution in [0.5, 0.6) is 0 Å². The number of ether oxygens (including phenoxy) is 2. The average molecular weight is 742 g/mol. The number of carbonyl (C=O) groups is 4. The van der Waals surface area contributed by atoms with E-state index in [-0.39, 0.29) is 34.2 Å². The maximum Gasteiger partial charge on any atom is 0.360 e. The number of carboxylic acid groups (broad SMARTS) is 1. The molecule has 0 aliphatic carbocycles. The summed E-state index contributed by atoms with van der Waals surface area (Å²) >= 11 is 11.0. The van der Waals surface area contributed by atoms with Gasteiger partial charge in [-0.05, 0) is 24.3 Å². The lowest BCUT2D eigenvalue weighted by Crippen LogP contribution is -2.20. The first kappa shape index (κ1) is 42.1. The number of nitriles is 1.